The standard InChI is InChI=1S/C12H20N2O2/c15-10-9-12(6-8-13-10)5-3-1-2-4-7-14-11(12)16/h1-9H2,(H,13,15)(H,14,16). The van der Waals surface area contributed by atoms with Gasteiger partial charge in [0, 0.05) is 19.5 Å². The largest absolute Gasteiger partial charge is 0.356 e. The molecule has 1 unspecified atom stereocenters. The Morgan fingerprint density at radius 2 is 1.69 bits per heavy atom. The minimum atomic E-state index is -0.410. The van der Waals surface area contributed by atoms with Crippen LogP contribution in [0.2, 0.25) is 0 Å². The van der Waals surface area contributed by atoms with E-state index in [0.29, 0.717) is 13.0 Å². The van der Waals surface area contributed by atoms with E-state index in [2.05, 4.69) is 10.6 Å². The first-order valence-corrected chi connectivity index (χ1v) is 6.28. The Kier molecular flexibility index (Phi) is 3.46. The quantitative estimate of drug-likeness (QED) is 0.644. The Labute approximate surface area is 96.2 Å². The molecule has 0 radical (unpaired) electrons. The maximum absolute atomic E-state index is 12.2. The molecule has 2 heterocycles. The van der Waals surface area contributed by atoms with Crippen LogP contribution in [0.15, 0.2) is 0 Å². The molecule has 0 aliphatic carbocycles. The van der Waals surface area contributed by atoms with Gasteiger partial charge < -0.3 is 10.6 Å². The van der Waals surface area contributed by atoms with Crippen molar-refractivity contribution in [2.24, 2.45) is 5.41 Å². The second-order valence-corrected chi connectivity index (χ2v) is 4.98. The highest BCUT2D eigenvalue weighted by atomic mass is 16.2. The van der Waals surface area contributed by atoms with E-state index in [1.54, 1.807) is 0 Å². The second kappa shape index (κ2) is 4.85. The van der Waals surface area contributed by atoms with Crippen LogP contribution >= 0.6 is 0 Å². The summed E-state index contributed by atoms with van der Waals surface area (Å²) in [6.07, 6.45) is 6.53. The lowest BCUT2D eigenvalue weighted by Crippen LogP contribution is -2.49. The Balaban J connectivity index is 2.12. The molecule has 2 fully saturated rings. The SMILES string of the molecule is O=C1CC2(CCCCCCNC2=O)CCN1. The third kappa shape index (κ3) is 2.36. The molecule has 2 rings (SSSR count). The van der Waals surface area contributed by atoms with Gasteiger partial charge in [-0.1, -0.05) is 19.3 Å². The van der Waals surface area contributed by atoms with Crippen molar-refractivity contribution in [3.63, 3.8) is 0 Å². The molecule has 90 valence electrons. The van der Waals surface area contributed by atoms with Crippen LogP contribution in [-0.2, 0) is 9.59 Å². The van der Waals surface area contributed by atoms with Gasteiger partial charge in [-0.15, -0.1) is 0 Å². The zero-order valence-corrected chi connectivity index (χ0v) is 9.68. The van der Waals surface area contributed by atoms with Crippen molar-refractivity contribution in [2.45, 2.75) is 44.9 Å². The van der Waals surface area contributed by atoms with Gasteiger partial charge in [0.25, 0.3) is 0 Å². The molecule has 2 N–H and O–H groups in total. The lowest BCUT2D eigenvalue weighted by molar-refractivity contribution is -0.140. The summed E-state index contributed by atoms with van der Waals surface area (Å²) in [7, 11) is 0. The van der Waals surface area contributed by atoms with Crippen LogP contribution in [0.1, 0.15) is 44.9 Å². The van der Waals surface area contributed by atoms with E-state index >= 15 is 0 Å². The van der Waals surface area contributed by atoms with Gasteiger partial charge in [-0.2, -0.15) is 0 Å². The maximum atomic E-state index is 12.2. The van der Waals surface area contributed by atoms with Crippen LogP contribution in [0.4, 0.5) is 0 Å². The van der Waals surface area contributed by atoms with E-state index in [1.165, 1.54) is 12.8 Å². The van der Waals surface area contributed by atoms with Gasteiger partial charge >= 0.3 is 0 Å². The maximum Gasteiger partial charge on any atom is 0.226 e. The molecule has 0 saturated carbocycles. The highest BCUT2D eigenvalue weighted by Crippen LogP contribution is 2.36. The molecule has 0 bridgehead atoms. The molecule has 0 aromatic rings. The number of carbonyl (C=O) groups excluding carboxylic acids is 2. The smallest absolute Gasteiger partial charge is 0.226 e. The monoisotopic (exact) mass is 224 g/mol. The third-order valence-corrected chi connectivity index (χ3v) is 3.77. The minimum absolute atomic E-state index is 0.0284. The number of hydrogen-bond acceptors (Lipinski definition) is 2. The van der Waals surface area contributed by atoms with Crippen LogP contribution in [0.5, 0.6) is 0 Å². The Bertz CT molecular complexity index is 291. The fraction of sp³-hybridized carbons (Fsp3) is 0.833. The van der Waals surface area contributed by atoms with E-state index in [0.717, 1.165) is 32.2 Å². The molecule has 4 heteroatoms. The number of nitrogens with one attached hydrogen (secondary N) is 2. The number of rotatable bonds is 0. The van der Waals surface area contributed by atoms with Crippen molar-refractivity contribution in [1.82, 2.24) is 10.6 Å². The molecule has 2 aliphatic rings. The van der Waals surface area contributed by atoms with Crippen LogP contribution in [-0.4, -0.2) is 24.9 Å². The van der Waals surface area contributed by atoms with Crippen molar-refractivity contribution in [1.29, 1.82) is 0 Å². The Hall–Kier alpha value is -1.06. The summed E-state index contributed by atoms with van der Waals surface area (Å²) in [5.41, 5.74) is -0.410. The van der Waals surface area contributed by atoms with Gasteiger partial charge in [0.2, 0.25) is 11.8 Å². The van der Waals surface area contributed by atoms with Gasteiger partial charge in [0.15, 0.2) is 0 Å². The summed E-state index contributed by atoms with van der Waals surface area (Å²) in [4.78, 5) is 23.6. The Morgan fingerprint density at radius 1 is 0.875 bits per heavy atom. The summed E-state index contributed by atoms with van der Waals surface area (Å²) >= 11 is 0. The van der Waals surface area contributed by atoms with E-state index < -0.39 is 5.41 Å². The number of piperidine rings is 1. The average Bonchev–Trinajstić information content (AvgIpc) is 2.33. The topological polar surface area (TPSA) is 58.2 Å². The van der Waals surface area contributed by atoms with E-state index in [1.807, 2.05) is 0 Å². The lowest BCUT2D eigenvalue weighted by atomic mass is 9.74. The molecule has 4 nitrogen and oxygen atoms in total. The van der Waals surface area contributed by atoms with Crippen LogP contribution in [0, 0.1) is 5.41 Å². The molecule has 16 heavy (non-hydrogen) atoms. The average molecular weight is 224 g/mol. The van der Waals surface area contributed by atoms with Crippen molar-refractivity contribution in [3.05, 3.63) is 0 Å². The van der Waals surface area contributed by atoms with E-state index in [9.17, 15) is 9.59 Å². The first-order valence-electron chi connectivity index (χ1n) is 6.28. The molecule has 2 aliphatic heterocycles. The molecule has 0 aromatic carbocycles. The predicted molar refractivity (Wildman–Crippen MR) is 60.8 cm³/mol. The summed E-state index contributed by atoms with van der Waals surface area (Å²) < 4.78 is 0. The van der Waals surface area contributed by atoms with Crippen LogP contribution in [0.25, 0.3) is 0 Å². The highest BCUT2D eigenvalue weighted by molar-refractivity contribution is 5.90. The normalized spacial score (nSPS) is 32.2. The molecule has 2 amide bonds. The first kappa shape index (κ1) is 11.4. The summed E-state index contributed by atoms with van der Waals surface area (Å²) in [5.74, 6) is 0.130. The van der Waals surface area contributed by atoms with Gasteiger partial charge in [0.1, 0.15) is 0 Å². The van der Waals surface area contributed by atoms with Crippen molar-refractivity contribution in [3.8, 4) is 0 Å². The van der Waals surface area contributed by atoms with E-state index in [4.69, 9.17) is 0 Å². The first-order chi connectivity index (χ1) is 7.73. The van der Waals surface area contributed by atoms with Gasteiger partial charge in [0.05, 0.1) is 5.41 Å². The minimum Gasteiger partial charge on any atom is -0.356 e. The zero-order chi connectivity index (χ0) is 11.4. The van der Waals surface area contributed by atoms with E-state index in [-0.39, 0.29) is 11.8 Å². The predicted octanol–water partition coefficient (Wildman–Crippen LogP) is 0.963. The molecule has 0 aromatic heterocycles. The lowest BCUT2D eigenvalue weighted by Gasteiger charge is -2.35. The number of carbonyl (C=O) groups is 2. The van der Waals surface area contributed by atoms with Gasteiger partial charge in [-0.3, -0.25) is 9.59 Å². The second-order valence-electron chi connectivity index (χ2n) is 4.98. The fourth-order valence-electron chi connectivity index (χ4n) is 2.75. The molecule has 2 saturated heterocycles. The molecule has 1 spiro atoms. The fourth-order valence-corrected chi connectivity index (χ4v) is 2.75. The van der Waals surface area contributed by atoms with Crippen molar-refractivity contribution >= 4 is 11.8 Å². The number of amides is 2. The van der Waals surface area contributed by atoms with Gasteiger partial charge in [-0.25, -0.2) is 0 Å². The van der Waals surface area contributed by atoms with Gasteiger partial charge in [-0.05, 0) is 19.3 Å². The van der Waals surface area contributed by atoms with Crippen molar-refractivity contribution in [2.75, 3.05) is 13.1 Å². The Morgan fingerprint density at radius 3 is 2.50 bits per heavy atom. The number of hydrogen-bond donors (Lipinski definition) is 2. The third-order valence-electron chi connectivity index (χ3n) is 3.77. The molecular formula is C12H20N2O2. The van der Waals surface area contributed by atoms with Crippen LogP contribution < -0.4 is 10.6 Å². The summed E-state index contributed by atoms with van der Waals surface area (Å²) in [5, 5.41) is 5.79. The molecule has 1 atom stereocenters. The van der Waals surface area contributed by atoms with Crippen LogP contribution in [0.3, 0.4) is 0 Å². The van der Waals surface area contributed by atoms with Crippen molar-refractivity contribution < 1.29 is 9.59 Å². The summed E-state index contributed by atoms with van der Waals surface area (Å²) in [6, 6.07) is 0. The summed E-state index contributed by atoms with van der Waals surface area (Å²) in [6.45, 7) is 1.41. The highest BCUT2D eigenvalue weighted by Gasteiger charge is 2.41. The zero-order valence-electron chi connectivity index (χ0n) is 9.68. The molecular weight excluding hydrogens is 204 g/mol.